The highest BCUT2D eigenvalue weighted by atomic mass is 16.5. The molecule has 2 saturated heterocycles. The average Bonchev–Trinajstić information content (AvgIpc) is 2.69. The van der Waals surface area contributed by atoms with Gasteiger partial charge in [-0.15, -0.1) is 0 Å². The molecule has 0 saturated carbocycles. The van der Waals surface area contributed by atoms with E-state index in [1.807, 2.05) is 34.9 Å². The molecule has 0 radical (unpaired) electrons. The second-order valence-corrected chi connectivity index (χ2v) is 7.78. The van der Waals surface area contributed by atoms with Crippen molar-refractivity contribution >= 4 is 11.8 Å². The maximum absolute atomic E-state index is 12.9. The molecule has 6 heteroatoms. The number of hydrogen-bond acceptors (Lipinski definition) is 4. The Morgan fingerprint density at radius 3 is 2.56 bits per heavy atom. The third kappa shape index (κ3) is 4.26. The zero-order valence-electron chi connectivity index (χ0n) is 16.6. The Labute approximate surface area is 161 Å². The van der Waals surface area contributed by atoms with Gasteiger partial charge in [0.2, 0.25) is 5.91 Å². The summed E-state index contributed by atoms with van der Waals surface area (Å²) < 4.78 is 10.4. The van der Waals surface area contributed by atoms with Crippen LogP contribution in [-0.2, 0) is 9.53 Å². The van der Waals surface area contributed by atoms with E-state index in [9.17, 15) is 9.59 Å². The van der Waals surface area contributed by atoms with E-state index in [-0.39, 0.29) is 17.2 Å². The van der Waals surface area contributed by atoms with Crippen LogP contribution in [0, 0.1) is 12.3 Å². The number of amides is 2. The Morgan fingerprint density at radius 2 is 1.93 bits per heavy atom. The molecular weight excluding hydrogens is 344 g/mol. The maximum Gasteiger partial charge on any atom is 0.253 e. The summed E-state index contributed by atoms with van der Waals surface area (Å²) in [7, 11) is 3.30. The molecule has 148 valence electrons. The lowest BCUT2D eigenvalue weighted by Gasteiger charge is -2.47. The lowest BCUT2D eigenvalue weighted by Crippen LogP contribution is -2.52. The smallest absolute Gasteiger partial charge is 0.253 e. The van der Waals surface area contributed by atoms with Crippen LogP contribution in [0.25, 0.3) is 0 Å². The van der Waals surface area contributed by atoms with Gasteiger partial charge in [0.15, 0.2) is 0 Å². The van der Waals surface area contributed by atoms with Crippen molar-refractivity contribution in [1.82, 2.24) is 9.80 Å². The number of benzene rings is 1. The van der Waals surface area contributed by atoms with Crippen LogP contribution in [-0.4, -0.2) is 68.6 Å². The minimum Gasteiger partial charge on any atom is -0.496 e. The minimum atomic E-state index is 0.0822. The highest BCUT2D eigenvalue weighted by Gasteiger charge is 2.41. The van der Waals surface area contributed by atoms with E-state index in [2.05, 4.69) is 0 Å². The molecule has 2 aliphatic heterocycles. The van der Waals surface area contributed by atoms with Gasteiger partial charge >= 0.3 is 0 Å². The van der Waals surface area contributed by atoms with E-state index in [1.165, 1.54) is 0 Å². The van der Waals surface area contributed by atoms with Gasteiger partial charge in [0.05, 0.1) is 13.7 Å². The van der Waals surface area contributed by atoms with E-state index < -0.39 is 0 Å². The van der Waals surface area contributed by atoms with E-state index >= 15 is 0 Å². The van der Waals surface area contributed by atoms with E-state index in [0.717, 1.165) is 50.2 Å². The fourth-order valence-corrected chi connectivity index (χ4v) is 4.29. The first-order valence-electron chi connectivity index (χ1n) is 9.69. The van der Waals surface area contributed by atoms with Crippen LogP contribution in [0.3, 0.4) is 0 Å². The Hall–Kier alpha value is -2.08. The van der Waals surface area contributed by atoms with Gasteiger partial charge in [0.1, 0.15) is 5.75 Å². The van der Waals surface area contributed by atoms with Gasteiger partial charge in [-0.3, -0.25) is 9.59 Å². The molecule has 2 fully saturated rings. The van der Waals surface area contributed by atoms with Gasteiger partial charge in [-0.05, 0) is 55.4 Å². The molecule has 1 aromatic carbocycles. The molecule has 0 bridgehead atoms. The molecule has 6 nitrogen and oxygen atoms in total. The number of hydrogen-bond donors (Lipinski definition) is 0. The van der Waals surface area contributed by atoms with Gasteiger partial charge in [-0.25, -0.2) is 0 Å². The summed E-state index contributed by atoms with van der Waals surface area (Å²) in [6.07, 6.45) is 3.43. The first-order valence-corrected chi connectivity index (χ1v) is 9.69. The number of ether oxygens (including phenoxy) is 2. The first kappa shape index (κ1) is 19.7. The number of methoxy groups -OCH3 is 2. The monoisotopic (exact) mass is 374 g/mol. The van der Waals surface area contributed by atoms with Crippen molar-refractivity contribution in [3.63, 3.8) is 0 Å². The third-order valence-electron chi connectivity index (χ3n) is 6.07. The molecule has 2 heterocycles. The van der Waals surface area contributed by atoms with E-state index in [0.29, 0.717) is 25.1 Å². The molecule has 1 aromatic rings. The highest BCUT2D eigenvalue weighted by Crippen LogP contribution is 2.40. The van der Waals surface area contributed by atoms with Gasteiger partial charge in [0.25, 0.3) is 5.91 Å². The molecule has 0 aromatic heterocycles. The topological polar surface area (TPSA) is 59.1 Å². The average molecular weight is 374 g/mol. The first-order chi connectivity index (χ1) is 13.0. The van der Waals surface area contributed by atoms with Crippen LogP contribution in [0.1, 0.15) is 41.6 Å². The molecule has 1 spiro atoms. The fraction of sp³-hybridized carbons (Fsp3) is 0.619. The summed E-state index contributed by atoms with van der Waals surface area (Å²) in [6, 6.07) is 5.59. The summed E-state index contributed by atoms with van der Waals surface area (Å²) in [5.41, 5.74) is 1.83. The van der Waals surface area contributed by atoms with Gasteiger partial charge in [0, 0.05) is 45.3 Å². The zero-order valence-corrected chi connectivity index (χ0v) is 16.6. The van der Waals surface area contributed by atoms with Crippen LogP contribution < -0.4 is 4.74 Å². The summed E-state index contributed by atoms with van der Waals surface area (Å²) in [5, 5.41) is 0. The van der Waals surface area contributed by atoms with Crippen molar-refractivity contribution in [1.29, 1.82) is 0 Å². The summed E-state index contributed by atoms with van der Waals surface area (Å²) in [6.45, 7) is 5.47. The predicted molar refractivity (Wildman–Crippen MR) is 103 cm³/mol. The Balaban J connectivity index is 1.62. The van der Waals surface area contributed by atoms with Gasteiger partial charge in [-0.2, -0.15) is 0 Å². The molecule has 0 aliphatic carbocycles. The molecular formula is C21H30N2O4. The number of piperidine rings is 2. The zero-order chi connectivity index (χ0) is 19.4. The second kappa shape index (κ2) is 8.30. The Kier molecular flexibility index (Phi) is 6.05. The lowest BCUT2D eigenvalue weighted by molar-refractivity contribution is -0.139. The largest absolute Gasteiger partial charge is 0.496 e. The van der Waals surface area contributed by atoms with Crippen LogP contribution in [0.4, 0.5) is 0 Å². The molecule has 0 atom stereocenters. The quantitative estimate of drug-likeness (QED) is 0.795. The van der Waals surface area contributed by atoms with Crippen LogP contribution in [0.15, 0.2) is 18.2 Å². The number of likely N-dealkylation sites (tertiary alicyclic amines) is 2. The summed E-state index contributed by atoms with van der Waals surface area (Å²) in [4.78, 5) is 28.9. The minimum absolute atomic E-state index is 0.0822. The predicted octanol–water partition coefficient (Wildman–Crippen LogP) is 2.49. The van der Waals surface area contributed by atoms with Crippen molar-refractivity contribution in [2.45, 2.75) is 32.6 Å². The molecule has 2 amide bonds. The van der Waals surface area contributed by atoms with Crippen molar-refractivity contribution in [3.05, 3.63) is 29.3 Å². The third-order valence-corrected chi connectivity index (χ3v) is 6.07. The Morgan fingerprint density at radius 1 is 1.19 bits per heavy atom. The van der Waals surface area contributed by atoms with Gasteiger partial charge in [-0.1, -0.05) is 0 Å². The molecule has 2 aliphatic rings. The Bertz CT molecular complexity index is 695. The van der Waals surface area contributed by atoms with Crippen molar-refractivity contribution in [3.8, 4) is 5.75 Å². The number of carbonyl (C=O) groups is 2. The number of rotatable bonds is 5. The summed E-state index contributed by atoms with van der Waals surface area (Å²) >= 11 is 0. The van der Waals surface area contributed by atoms with Crippen LogP contribution in [0.5, 0.6) is 5.75 Å². The molecule has 0 unspecified atom stereocenters. The second-order valence-electron chi connectivity index (χ2n) is 7.78. The van der Waals surface area contributed by atoms with Gasteiger partial charge < -0.3 is 19.3 Å². The van der Waals surface area contributed by atoms with Crippen molar-refractivity contribution < 1.29 is 19.1 Å². The lowest BCUT2D eigenvalue weighted by atomic mass is 9.72. The highest BCUT2D eigenvalue weighted by molar-refractivity contribution is 5.94. The number of nitrogens with zero attached hydrogens (tertiary/aromatic N) is 2. The molecule has 3 rings (SSSR count). The summed E-state index contributed by atoms with van der Waals surface area (Å²) in [5.74, 6) is 1.11. The SMILES string of the molecule is COCCN1CC2(CCC1=O)CCN(C(=O)c1ccc(OC)c(C)c1)CC2. The van der Waals surface area contributed by atoms with Crippen LogP contribution in [0.2, 0.25) is 0 Å². The van der Waals surface area contributed by atoms with Crippen LogP contribution >= 0.6 is 0 Å². The van der Waals surface area contributed by atoms with Crippen molar-refractivity contribution in [2.75, 3.05) is 47.0 Å². The van der Waals surface area contributed by atoms with E-state index in [4.69, 9.17) is 9.47 Å². The standard InChI is InChI=1S/C21H30N2O4/c1-16-14-17(4-5-18(16)27-3)20(25)22-10-8-21(9-11-22)7-6-19(24)23(15-21)12-13-26-2/h4-5,14H,6-13,15H2,1-3H3. The molecule has 0 N–H and O–H groups in total. The molecule has 27 heavy (non-hydrogen) atoms. The van der Waals surface area contributed by atoms with Crippen molar-refractivity contribution in [2.24, 2.45) is 5.41 Å². The normalized spacial score (nSPS) is 19.4. The number of aryl methyl sites for hydroxylation is 1. The number of carbonyl (C=O) groups excluding carboxylic acids is 2. The fourth-order valence-electron chi connectivity index (χ4n) is 4.29. The van der Waals surface area contributed by atoms with E-state index in [1.54, 1.807) is 14.2 Å². The maximum atomic E-state index is 12.9.